The predicted octanol–water partition coefficient (Wildman–Crippen LogP) is 3.84. The Balaban J connectivity index is 4.39. The van der Waals surface area contributed by atoms with Crippen molar-refractivity contribution in [1.29, 1.82) is 0 Å². The predicted molar refractivity (Wildman–Crippen MR) is 83.4 cm³/mol. The van der Waals surface area contributed by atoms with Crippen LogP contribution in [-0.4, -0.2) is 39.8 Å². The smallest absolute Gasteiger partial charge is 0.149 e. The van der Waals surface area contributed by atoms with Gasteiger partial charge in [-0.15, -0.1) is 0 Å². The van der Waals surface area contributed by atoms with E-state index >= 15 is 0 Å². The van der Waals surface area contributed by atoms with E-state index in [-0.39, 0.29) is 11.5 Å². The van der Waals surface area contributed by atoms with Crippen LogP contribution in [0.1, 0.15) is 55.4 Å². The molecule has 0 unspecified atom stereocenters. The fourth-order valence-corrected chi connectivity index (χ4v) is 2.41. The molecule has 0 aromatic heterocycles. The average Bonchev–Trinajstić information content (AvgIpc) is 2.12. The lowest BCUT2D eigenvalue weighted by molar-refractivity contribution is -0.124. The van der Waals surface area contributed by atoms with E-state index < -0.39 is 0 Å². The summed E-state index contributed by atoms with van der Waals surface area (Å²) in [5, 5.41) is 0. The summed E-state index contributed by atoms with van der Waals surface area (Å²) in [5.74, 6) is 1.54. The molecule has 0 aliphatic heterocycles. The van der Waals surface area contributed by atoms with Crippen LogP contribution in [0.25, 0.3) is 0 Å². The first kappa shape index (κ1) is 18.0. The lowest BCUT2D eigenvalue weighted by atomic mass is 10.0. The summed E-state index contributed by atoms with van der Waals surface area (Å²) in [6, 6.07) is 0. The lowest BCUT2D eigenvalue weighted by Crippen LogP contribution is -2.46. The Hall–Kier alpha value is -0.0200. The highest BCUT2D eigenvalue weighted by molar-refractivity contribution is 8.00. The van der Waals surface area contributed by atoms with Crippen molar-refractivity contribution in [3.63, 3.8) is 0 Å². The highest BCUT2D eigenvalue weighted by atomic mass is 32.2. The summed E-state index contributed by atoms with van der Waals surface area (Å²) in [7, 11) is 0. The minimum Gasteiger partial charge on any atom is -0.298 e. The summed E-state index contributed by atoms with van der Waals surface area (Å²) >= 11 is 1.96. The molecule has 0 bridgehead atoms. The van der Waals surface area contributed by atoms with E-state index in [2.05, 4.69) is 46.4 Å². The largest absolute Gasteiger partial charge is 0.298 e. The minimum atomic E-state index is 0.0585. The SMILES string of the molecule is CC(C)C(=O)CN(CCSC(C)(C)C)C(C)(C)C. The highest BCUT2D eigenvalue weighted by Crippen LogP contribution is 2.24. The van der Waals surface area contributed by atoms with E-state index in [4.69, 9.17) is 0 Å². The molecule has 0 fully saturated rings. The van der Waals surface area contributed by atoms with Crippen LogP contribution in [0.5, 0.6) is 0 Å². The Kier molecular flexibility index (Phi) is 6.94. The second-order valence-corrected chi connectivity index (χ2v) is 9.10. The zero-order valence-electron chi connectivity index (χ0n) is 13.5. The Morgan fingerprint density at radius 3 is 1.94 bits per heavy atom. The van der Waals surface area contributed by atoms with Crippen molar-refractivity contribution < 1.29 is 4.79 Å². The monoisotopic (exact) mass is 273 g/mol. The van der Waals surface area contributed by atoms with Gasteiger partial charge in [-0.05, 0) is 20.8 Å². The first-order valence-corrected chi connectivity index (χ1v) is 7.84. The van der Waals surface area contributed by atoms with E-state index in [1.165, 1.54) is 0 Å². The van der Waals surface area contributed by atoms with Crippen LogP contribution in [-0.2, 0) is 4.79 Å². The molecular weight excluding hydrogens is 242 g/mol. The zero-order valence-corrected chi connectivity index (χ0v) is 14.3. The molecule has 0 saturated heterocycles. The topological polar surface area (TPSA) is 20.3 Å². The summed E-state index contributed by atoms with van der Waals surface area (Å²) in [5.41, 5.74) is 0.0585. The van der Waals surface area contributed by atoms with Crippen molar-refractivity contribution in [3.05, 3.63) is 0 Å². The summed E-state index contributed by atoms with van der Waals surface area (Å²) in [4.78, 5) is 14.2. The summed E-state index contributed by atoms with van der Waals surface area (Å²) in [6.07, 6.45) is 0. The Morgan fingerprint density at radius 1 is 1.11 bits per heavy atom. The van der Waals surface area contributed by atoms with Gasteiger partial charge in [-0.2, -0.15) is 11.8 Å². The molecular formula is C15H31NOS. The van der Waals surface area contributed by atoms with Crippen molar-refractivity contribution in [2.45, 2.75) is 65.7 Å². The molecule has 108 valence electrons. The van der Waals surface area contributed by atoms with E-state index in [9.17, 15) is 4.79 Å². The molecule has 0 heterocycles. The van der Waals surface area contributed by atoms with Gasteiger partial charge in [0.2, 0.25) is 0 Å². The lowest BCUT2D eigenvalue weighted by Gasteiger charge is -2.36. The molecule has 0 aromatic carbocycles. The number of hydrogen-bond acceptors (Lipinski definition) is 3. The highest BCUT2D eigenvalue weighted by Gasteiger charge is 2.24. The van der Waals surface area contributed by atoms with Crippen molar-refractivity contribution in [2.75, 3.05) is 18.8 Å². The number of carbonyl (C=O) groups excluding carboxylic acids is 1. The third kappa shape index (κ3) is 8.15. The van der Waals surface area contributed by atoms with E-state index in [0.717, 1.165) is 12.3 Å². The van der Waals surface area contributed by atoms with Crippen LogP contribution >= 0.6 is 11.8 Å². The second-order valence-electron chi connectivity index (χ2n) is 7.17. The molecule has 0 aliphatic rings. The summed E-state index contributed by atoms with van der Waals surface area (Å²) in [6.45, 7) is 18.8. The maximum absolute atomic E-state index is 11.9. The van der Waals surface area contributed by atoms with E-state index in [1.807, 2.05) is 25.6 Å². The van der Waals surface area contributed by atoms with Gasteiger partial charge in [0, 0.05) is 28.5 Å². The number of thioether (sulfide) groups is 1. The minimum absolute atomic E-state index is 0.0585. The molecule has 0 amide bonds. The van der Waals surface area contributed by atoms with Gasteiger partial charge in [-0.1, -0.05) is 34.6 Å². The number of carbonyl (C=O) groups is 1. The standard InChI is InChI=1S/C15H31NOS/c1-12(2)13(17)11-16(14(3,4)5)9-10-18-15(6,7)8/h12H,9-11H2,1-8H3. The number of ketones is 1. The van der Waals surface area contributed by atoms with Crippen LogP contribution in [0.4, 0.5) is 0 Å². The average molecular weight is 273 g/mol. The van der Waals surface area contributed by atoms with Crippen molar-refractivity contribution >= 4 is 17.5 Å². The molecule has 18 heavy (non-hydrogen) atoms. The van der Waals surface area contributed by atoms with E-state index in [0.29, 0.717) is 17.1 Å². The van der Waals surface area contributed by atoms with Crippen molar-refractivity contribution in [2.24, 2.45) is 5.92 Å². The first-order valence-electron chi connectivity index (χ1n) is 6.85. The Morgan fingerprint density at radius 2 is 1.61 bits per heavy atom. The number of Topliss-reactive ketones (excluding diaryl/α,β-unsaturated/α-hetero) is 1. The Labute approximate surface area is 118 Å². The van der Waals surface area contributed by atoms with Gasteiger partial charge in [-0.3, -0.25) is 9.69 Å². The maximum Gasteiger partial charge on any atom is 0.149 e. The van der Waals surface area contributed by atoms with Crippen LogP contribution in [0.2, 0.25) is 0 Å². The molecule has 0 aliphatic carbocycles. The molecule has 0 radical (unpaired) electrons. The second kappa shape index (κ2) is 6.95. The normalized spacial score (nSPS) is 13.4. The molecule has 0 spiro atoms. The van der Waals surface area contributed by atoms with Gasteiger partial charge in [0.15, 0.2) is 0 Å². The van der Waals surface area contributed by atoms with Gasteiger partial charge in [0.1, 0.15) is 5.78 Å². The first-order chi connectivity index (χ1) is 7.93. The van der Waals surface area contributed by atoms with Crippen molar-refractivity contribution in [3.8, 4) is 0 Å². The Bertz CT molecular complexity index is 261. The number of hydrogen-bond donors (Lipinski definition) is 0. The maximum atomic E-state index is 11.9. The zero-order chi connectivity index (χ0) is 14.6. The van der Waals surface area contributed by atoms with Crippen LogP contribution in [0, 0.1) is 5.92 Å². The molecule has 0 atom stereocenters. The molecule has 0 saturated carbocycles. The molecule has 3 heteroatoms. The van der Waals surface area contributed by atoms with Crippen LogP contribution < -0.4 is 0 Å². The third-order valence-corrected chi connectivity index (χ3v) is 4.09. The number of nitrogens with zero attached hydrogens (tertiary/aromatic N) is 1. The fraction of sp³-hybridized carbons (Fsp3) is 0.933. The summed E-state index contributed by atoms with van der Waals surface area (Å²) < 4.78 is 0.297. The number of rotatable bonds is 6. The van der Waals surface area contributed by atoms with Crippen LogP contribution in [0.3, 0.4) is 0 Å². The van der Waals surface area contributed by atoms with E-state index in [1.54, 1.807) is 0 Å². The molecule has 2 nitrogen and oxygen atoms in total. The van der Waals surface area contributed by atoms with Gasteiger partial charge >= 0.3 is 0 Å². The molecule has 0 rings (SSSR count). The van der Waals surface area contributed by atoms with Gasteiger partial charge < -0.3 is 0 Å². The quantitative estimate of drug-likeness (QED) is 0.733. The van der Waals surface area contributed by atoms with Gasteiger partial charge in [0.05, 0.1) is 6.54 Å². The van der Waals surface area contributed by atoms with Gasteiger partial charge in [-0.25, -0.2) is 0 Å². The molecule has 0 N–H and O–H groups in total. The fourth-order valence-electron chi connectivity index (χ4n) is 1.48. The third-order valence-electron chi connectivity index (χ3n) is 2.84. The van der Waals surface area contributed by atoms with Crippen LogP contribution in [0.15, 0.2) is 0 Å². The van der Waals surface area contributed by atoms with Crippen molar-refractivity contribution in [1.82, 2.24) is 4.90 Å². The molecule has 0 aromatic rings. The van der Waals surface area contributed by atoms with Gasteiger partial charge in [0.25, 0.3) is 0 Å².